The highest BCUT2D eigenvalue weighted by Crippen LogP contribution is 2.15. The van der Waals surface area contributed by atoms with Gasteiger partial charge in [-0.05, 0) is 42.3 Å². The Labute approximate surface area is 185 Å². The van der Waals surface area contributed by atoms with Gasteiger partial charge in [-0.1, -0.05) is 30.3 Å². The highest BCUT2D eigenvalue weighted by Gasteiger charge is 2.24. The van der Waals surface area contributed by atoms with E-state index in [1.807, 2.05) is 31.1 Å². The molecule has 0 spiro atoms. The molecule has 1 unspecified atom stereocenters. The molecule has 2 amide bonds. The van der Waals surface area contributed by atoms with E-state index >= 15 is 0 Å². The third-order valence-electron chi connectivity index (χ3n) is 4.50. The zero-order valence-electron chi connectivity index (χ0n) is 17.7. The molecule has 168 valence electrons. The molecule has 0 saturated heterocycles. The highest BCUT2D eigenvalue weighted by atomic mass is 16.4. The van der Waals surface area contributed by atoms with Crippen LogP contribution in [-0.4, -0.2) is 54.1 Å². The van der Waals surface area contributed by atoms with Gasteiger partial charge in [-0.2, -0.15) is 0 Å². The maximum atomic E-state index is 12.8. The van der Waals surface area contributed by atoms with Crippen LogP contribution >= 0.6 is 0 Å². The fraction of sp³-hybridized carbons (Fsp3) is 0.217. The van der Waals surface area contributed by atoms with Gasteiger partial charge < -0.3 is 25.7 Å². The van der Waals surface area contributed by atoms with Gasteiger partial charge in [0.2, 0.25) is 0 Å². The number of rotatable bonds is 10. The number of hydrogen-bond acceptors (Lipinski definition) is 5. The zero-order chi connectivity index (χ0) is 23.7. The van der Waals surface area contributed by atoms with Crippen molar-refractivity contribution in [2.45, 2.75) is 18.9 Å². The quantitative estimate of drug-likeness (QED) is 0.416. The summed E-state index contributed by atoms with van der Waals surface area (Å²) in [6.07, 6.45) is 0.693. The Morgan fingerprint density at radius 2 is 1.59 bits per heavy atom. The minimum Gasteiger partial charge on any atom is -0.481 e. The van der Waals surface area contributed by atoms with E-state index in [-0.39, 0.29) is 12.1 Å². The second kappa shape index (κ2) is 11.3. The van der Waals surface area contributed by atoms with Crippen LogP contribution in [0.15, 0.2) is 60.3 Å². The predicted octanol–water partition coefficient (Wildman–Crippen LogP) is 1.96. The molecule has 0 aliphatic carbocycles. The van der Waals surface area contributed by atoms with Crippen molar-refractivity contribution in [1.82, 2.24) is 10.6 Å². The summed E-state index contributed by atoms with van der Waals surface area (Å²) in [6.45, 7) is 0. The number of carbonyl (C=O) groups is 4. The smallest absolute Gasteiger partial charge is 0.326 e. The number of carbonyl (C=O) groups excluding carboxylic acids is 2. The van der Waals surface area contributed by atoms with Gasteiger partial charge in [-0.15, -0.1) is 0 Å². The normalized spacial score (nSPS) is 11.9. The molecule has 9 nitrogen and oxygen atoms in total. The molecule has 0 radical (unpaired) electrons. The second-order valence-electron chi connectivity index (χ2n) is 7.16. The molecule has 2 aromatic carbocycles. The molecule has 2 rings (SSSR count). The zero-order valence-corrected chi connectivity index (χ0v) is 17.7. The van der Waals surface area contributed by atoms with Gasteiger partial charge in [-0.3, -0.25) is 14.4 Å². The van der Waals surface area contributed by atoms with Crippen molar-refractivity contribution < 1.29 is 29.4 Å². The van der Waals surface area contributed by atoms with Gasteiger partial charge in [0.25, 0.3) is 11.8 Å². The third kappa shape index (κ3) is 7.28. The standard InChI is InChI=1S/C23H25N3O6/c1-26(2)17-10-8-15(9-11-17)14-19(25-21(29)16-6-4-3-5-7-16)22(30)24-18(23(31)32)12-13-20(27)28/h3-11,14,18H,12-13H2,1-2H3,(H,24,30)(H,25,29)(H,27,28)(H,31,32)/b19-14-. The fourth-order valence-corrected chi connectivity index (χ4v) is 2.74. The Kier molecular flexibility index (Phi) is 8.53. The van der Waals surface area contributed by atoms with Crippen LogP contribution in [0, 0.1) is 0 Å². The molecular weight excluding hydrogens is 414 g/mol. The van der Waals surface area contributed by atoms with Crippen LogP contribution in [0.5, 0.6) is 0 Å². The molecule has 0 saturated carbocycles. The summed E-state index contributed by atoms with van der Waals surface area (Å²) in [5, 5.41) is 22.9. The van der Waals surface area contributed by atoms with E-state index in [4.69, 9.17) is 5.11 Å². The molecule has 9 heteroatoms. The van der Waals surface area contributed by atoms with Gasteiger partial charge in [0.05, 0.1) is 0 Å². The van der Waals surface area contributed by atoms with Crippen LogP contribution in [-0.2, 0) is 14.4 Å². The lowest BCUT2D eigenvalue weighted by Crippen LogP contribution is -2.44. The first-order valence-electron chi connectivity index (χ1n) is 9.78. The average molecular weight is 439 g/mol. The average Bonchev–Trinajstić information content (AvgIpc) is 2.76. The summed E-state index contributed by atoms with van der Waals surface area (Å²) in [7, 11) is 3.76. The van der Waals surface area contributed by atoms with Crippen molar-refractivity contribution in [3.05, 3.63) is 71.4 Å². The minimum atomic E-state index is -1.42. The molecule has 0 fully saturated rings. The Bertz CT molecular complexity index is 1000. The Morgan fingerprint density at radius 3 is 2.12 bits per heavy atom. The van der Waals surface area contributed by atoms with Gasteiger partial charge in [0, 0.05) is 31.8 Å². The Balaban J connectivity index is 2.31. The molecule has 1 atom stereocenters. The summed E-state index contributed by atoms with van der Waals surface area (Å²) in [4.78, 5) is 49.6. The van der Waals surface area contributed by atoms with Crippen molar-refractivity contribution in [2.24, 2.45) is 0 Å². The monoisotopic (exact) mass is 439 g/mol. The van der Waals surface area contributed by atoms with E-state index in [1.54, 1.807) is 42.5 Å². The largest absolute Gasteiger partial charge is 0.481 e. The number of benzene rings is 2. The van der Waals surface area contributed by atoms with Crippen molar-refractivity contribution in [3.63, 3.8) is 0 Å². The first kappa shape index (κ1) is 24.1. The fourth-order valence-electron chi connectivity index (χ4n) is 2.74. The maximum absolute atomic E-state index is 12.8. The minimum absolute atomic E-state index is 0.168. The number of nitrogens with one attached hydrogen (secondary N) is 2. The van der Waals surface area contributed by atoms with Gasteiger partial charge in [0.1, 0.15) is 11.7 Å². The van der Waals surface area contributed by atoms with Gasteiger partial charge >= 0.3 is 11.9 Å². The number of nitrogens with zero attached hydrogens (tertiary/aromatic N) is 1. The molecule has 0 aromatic heterocycles. The van der Waals surface area contributed by atoms with Gasteiger partial charge in [-0.25, -0.2) is 4.79 Å². The van der Waals surface area contributed by atoms with Crippen molar-refractivity contribution in [3.8, 4) is 0 Å². The van der Waals surface area contributed by atoms with E-state index in [1.165, 1.54) is 6.08 Å². The van der Waals surface area contributed by atoms with Crippen LogP contribution < -0.4 is 15.5 Å². The van der Waals surface area contributed by atoms with Crippen LogP contribution in [0.25, 0.3) is 6.08 Å². The Hall–Kier alpha value is -4.14. The van der Waals surface area contributed by atoms with E-state index in [2.05, 4.69) is 10.6 Å². The number of anilines is 1. The number of carboxylic acids is 2. The number of hydrogen-bond donors (Lipinski definition) is 4. The molecule has 0 heterocycles. The number of amides is 2. The maximum Gasteiger partial charge on any atom is 0.326 e. The summed E-state index contributed by atoms with van der Waals surface area (Å²) in [6, 6.07) is 14.0. The number of aliphatic carboxylic acids is 2. The third-order valence-corrected chi connectivity index (χ3v) is 4.50. The summed E-state index contributed by atoms with van der Waals surface area (Å²) in [5.74, 6) is -3.94. The van der Waals surface area contributed by atoms with E-state index < -0.39 is 36.2 Å². The predicted molar refractivity (Wildman–Crippen MR) is 119 cm³/mol. The van der Waals surface area contributed by atoms with Crippen molar-refractivity contribution in [1.29, 1.82) is 0 Å². The van der Waals surface area contributed by atoms with Crippen LogP contribution in [0.1, 0.15) is 28.8 Å². The van der Waals surface area contributed by atoms with Crippen LogP contribution in [0.4, 0.5) is 5.69 Å². The van der Waals surface area contributed by atoms with E-state index in [0.29, 0.717) is 11.1 Å². The topological polar surface area (TPSA) is 136 Å². The molecule has 2 aromatic rings. The highest BCUT2D eigenvalue weighted by molar-refractivity contribution is 6.06. The first-order valence-corrected chi connectivity index (χ1v) is 9.78. The lowest BCUT2D eigenvalue weighted by molar-refractivity contribution is -0.142. The molecule has 32 heavy (non-hydrogen) atoms. The summed E-state index contributed by atoms with van der Waals surface area (Å²) in [5.41, 5.74) is 1.68. The molecule has 0 aliphatic heterocycles. The number of carboxylic acid groups (broad SMARTS) is 2. The van der Waals surface area contributed by atoms with Crippen LogP contribution in [0.3, 0.4) is 0 Å². The van der Waals surface area contributed by atoms with Crippen molar-refractivity contribution in [2.75, 3.05) is 19.0 Å². The lowest BCUT2D eigenvalue weighted by Gasteiger charge is -2.16. The Morgan fingerprint density at radius 1 is 0.969 bits per heavy atom. The SMILES string of the molecule is CN(C)c1ccc(/C=C(\NC(=O)c2ccccc2)C(=O)NC(CCC(=O)O)C(=O)O)cc1. The second-order valence-corrected chi connectivity index (χ2v) is 7.16. The molecule has 0 bridgehead atoms. The van der Waals surface area contributed by atoms with Gasteiger partial charge in [0.15, 0.2) is 0 Å². The van der Waals surface area contributed by atoms with E-state index in [9.17, 15) is 24.3 Å². The molecular formula is C23H25N3O6. The molecule has 4 N–H and O–H groups in total. The van der Waals surface area contributed by atoms with Crippen LogP contribution in [0.2, 0.25) is 0 Å². The first-order chi connectivity index (χ1) is 15.2. The van der Waals surface area contributed by atoms with Crippen molar-refractivity contribution >= 4 is 35.5 Å². The molecule has 0 aliphatic rings. The summed E-state index contributed by atoms with van der Waals surface area (Å²) >= 11 is 0. The lowest BCUT2D eigenvalue weighted by atomic mass is 10.1. The summed E-state index contributed by atoms with van der Waals surface area (Å²) < 4.78 is 0. The van der Waals surface area contributed by atoms with E-state index in [0.717, 1.165) is 5.69 Å².